The number of amides is 2. The molecular weight excluding hydrogens is 691 g/mol. The Morgan fingerprint density at radius 2 is 1.05 bits per heavy atom. The van der Waals surface area contributed by atoms with Crippen LogP contribution in [0.1, 0.15) is 168 Å². The van der Waals surface area contributed by atoms with Gasteiger partial charge < -0.3 is 30.1 Å². The molecule has 55 heavy (non-hydrogen) atoms. The SMILES string of the molecule is CCCCC/C=C\C/C=C\CCCCCCCCOC(=O)[C@H](CNC(=O)C[N+]1(C)C[C@@H](O)[C@H](O)C1)NC(=O)CCCCCCC/C=C\C/C=C\CCCCC. The van der Waals surface area contributed by atoms with Crippen LogP contribution in [-0.2, 0) is 19.1 Å². The van der Waals surface area contributed by atoms with Gasteiger partial charge in [-0.05, 0) is 77.0 Å². The van der Waals surface area contributed by atoms with Crippen LogP contribution in [0.4, 0.5) is 0 Å². The maximum absolute atomic E-state index is 13.1. The van der Waals surface area contributed by atoms with Crippen LogP contribution < -0.4 is 10.6 Å². The quantitative estimate of drug-likeness (QED) is 0.0221. The van der Waals surface area contributed by atoms with E-state index in [1.165, 1.54) is 64.2 Å². The van der Waals surface area contributed by atoms with Crippen LogP contribution in [0.3, 0.4) is 0 Å². The molecule has 0 unspecified atom stereocenters. The molecule has 1 aliphatic heterocycles. The highest BCUT2D eigenvalue weighted by Gasteiger charge is 2.42. The predicted octanol–water partition coefficient (Wildman–Crippen LogP) is 8.94. The Balaban J connectivity index is 2.35. The molecule has 9 heteroatoms. The zero-order valence-corrected chi connectivity index (χ0v) is 35.3. The maximum atomic E-state index is 13.1. The third kappa shape index (κ3) is 29.2. The molecule has 2 amide bonds. The molecule has 316 valence electrons. The number of carbonyl (C=O) groups is 3. The highest BCUT2D eigenvalue weighted by atomic mass is 16.5. The predicted molar refractivity (Wildman–Crippen MR) is 227 cm³/mol. The lowest BCUT2D eigenvalue weighted by Crippen LogP contribution is -2.53. The van der Waals surface area contributed by atoms with Crippen LogP contribution in [0.25, 0.3) is 0 Å². The minimum absolute atomic E-state index is 0.0582. The van der Waals surface area contributed by atoms with E-state index in [-0.39, 0.29) is 49.1 Å². The summed E-state index contributed by atoms with van der Waals surface area (Å²) in [6.45, 7) is 5.28. The van der Waals surface area contributed by atoms with Crippen LogP contribution in [0, 0.1) is 0 Å². The molecule has 0 radical (unpaired) electrons. The Kier molecular flexibility index (Phi) is 31.5. The molecule has 1 heterocycles. The van der Waals surface area contributed by atoms with E-state index in [1.807, 2.05) is 7.05 Å². The molecule has 0 spiro atoms. The lowest BCUT2D eigenvalue weighted by molar-refractivity contribution is -0.892. The number of unbranched alkanes of at least 4 members (excludes halogenated alkanes) is 17. The molecule has 3 atom stereocenters. The summed E-state index contributed by atoms with van der Waals surface area (Å²) < 4.78 is 5.77. The van der Waals surface area contributed by atoms with Crippen molar-refractivity contribution < 1.29 is 33.8 Å². The lowest BCUT2D eigenvalue weighted by atomic mass is 10.1. The first-order chi connectivity index (χ1) is 26.7. The number of aliphatic hydroxyl groups excluding tert-OH is 2. The number of nitrogens with one attached hydrogen (secondary N) is 2. The number of rotatable bonds is 35. The van der Waals surface area contributed by atoms with Gasteiger partial charge in [-0.15, -0.1) is 0 Å². The molecule has 1 fully saturated rings. The molecule has 0 saturated carbocycles. The minimum Gasteiger partial charge on any atom is -0.464 e. The van der Waals surface area contributed by atoms with Gasteiger partial charge in [-0.2, -0.15) is 0 Å². The van der Waals surface area contributed by atoms with Gasteiger partial charge >= 0.3 is 5.97 Å². The molecule has 1 saturated heterocycles. The fraction of sp³-hybridized carbons (Fsp3) is 0.761. The second-order valence-electron chi connectivity index (χ2n) is 15.9. The van der Waals surface area contributed by atoms with Crippen LogP contribution in [-0.4, -0.2) is 90.6 Å². The Morgan fingerprint density at radius 3 is 1.55 bits per heavy atom. The highest BCUT2D eigenvalue weighted by molar-refractivity contribution is 5.85. The first-order valence-electron chi connectivity index (χ1n) is 22.2. The molecule has 0 bridgehead atoms. The summed E-state index contributed by atoms with van der Waals surface area (Å²) in [6, 6.07) is -0.973. The molecule has 1 aliphatic rings. The number of ether oxygens (including phenoxy) is 1. The summed E-state index contributed by atoms with van der Waals surface area (Å²) in [7, 11) is 1.81. The van der Waals surface area contributed by atoms with E-state index in [9.17, 15) is 24.6 Å². The normalized spacial score (nSPS) is 17.5. The van der Waals surface area contributed by atoms with Crippen LogP contribution in [0.2, 0.25) is 0 Å². The average molecular weight is 773 g/mol. The van der Waals surface area contributed by atoms with Crippen LogP contribution in [0.15, 0.2) is 48.6 Å². The summed E-state index contributed by atoms with van der Waals surface area (Å²) in [5.41, 5.74) is 0. The number of quaternary nitrogens is 1. The standard InChI is InChI=1S/C46H81N3O6/c1-4-6-8-10-12-14-16-18-20-22-24-26-28-30-32-34-36-55-46(54)41(37-47-45(53)40-49(3)38-42(50)43(51)39-49)48-44(52)35-33-31-29-27-25-23-21-19-17-15-13-11-9-7-5-2/h12-15,18-21,41-43,50-51H,4-11,16-17,22-40H2,1-3H3,(H-,47,48,52,53)/p+1/b14-12-,15-13-,20-18-,21-19-/t41-,42+,43+/m0/s1. The Bertz CT molecular complexity index is 1090. The molecule has 0 aliphatic carbocycles. The number of hydrogen-bond donors (Lipinski definition) is 4. The molecule has 1 rings (SSSR count). The fourth-order valence-corrected chi connectivity index (χ4v) is 6.89. The molecule has 0 aromatic heterocycles. The zero-order valence-electron chi connectivity index (χ0n) is 35.3. The number of likely N-dealkylation sites (N-methyl/N-ethyl adjacent to an activating group) is 1. The Labute approximate surface area is 336 Å². The minimum atomic E-state index is -0.973. The van der Waals surface area contributed by atoms with Crippen molar-refractivity contribution in [3.63, 3.8) is 0 Å². The van der Waals surface area contributed by atoms with Crippen LogP contribution >= 0.6 is 0 Å². The molecule has 9 nitrogen and oxygen atoms in total. The first-order valence-corrected chi connectivity index (χ1v) is 22.2. The monoisotopic (exact) mass is 773 g/mol. The summed E-state index contributed by atoms with van der Waals surface area (Å²) >= 11 is 0. The van der Waals surface area contributed by atoms with Crippen LogP contribution in [0.5, 0.6) is 0 Å². The van der Waals surface area contributed by atoms with Gasteiger partial charge in [0.2, 0.25) is 5.91 Å². The molecule has 0 aromatic carbocycles. The lowest BCUT2D eigenvalue weighted by Gasteiger charge is -2.28. The number of hydrogen-bond acceptors (Lipinski definition) is 6. The second-order valence-corrected chi connectivity index (χ2v) is 15.9. The molecule has 0 aromatic rings. The zero-order chi connectivity index (χ0) is 40.2. The summed E-state index contributed by atoms with van der Waals surface area (Å²) in [4.78, 5) is 38.8. The second kappa shape index (κ2) is 34.5. The molecular formula is C46H82N3O6+. The topological polar surface area (TPSA) is 125 Å². The van der Waals surface area contributed by atoms with Gasteiger partial charge in [0.25, 0.3) is 5.91 Å². The van der Waals surface area contributed by atoms with Crippen molar-refractivity contribution in [1.82, 2.24) is 10.6 Å². The van der Waals surface area contributed by atoms with Gasteiger partial charge in [0.15, 0.2) is 6.54 Å². The van der Waals surface area contributed by atoms with Crippen molar-refractivity contribution in [3.05, 3.63) is 48.6 Å². The van der Waals surface area contributed by atoms with Gasteiger partial charge in [0.05, 0.1) is 13.7 Å². The van der Waals surface area contributed by atoms with E-state index in [4.69, 9.17) is 4.74 Å². The van der Waals surface area contributed by atoms with Gasteiger partial charge in [-0.3, -0.25) is 9.59 Å². The Hall–Kier alpha value is -2.75. The smallest absolute Gasteiger partial charge is 0.330 e. The van der Waals surface area contributed by atoms with Gasteiger partial charge in [0.1, 0.15) is 31.3 Å². The average Bonchev–Trinajstić information content (AvgIpc) is 3.42. The van der Waals surface area contributed by atoms with Crippen molar-refractivity contribution in [2.75, 3.05) is 39.8 Å². The number of esters is 1. The fourth-order valence-electron chi connectivity index (χ4n) is 6.89. The van der Waals surface area contributed by atoms with Crippen molar-refractivity contribution in [1.29, 1.82) is 0 Å². The van der Waals surface area contributed by atoms with Gasteiger partial charge in [0, 0.05) is 13.0 Å². The third-order valence-corrected chi connectivity index (χ3v) is 10.3. The number of aliphatic hydroxyl groups is 2. The Morgan fingerprint density at radius 1 is 0.618 bits per heavy atom. The number of nitrogens with zero attached hydrogens (tertiary/aromatic N) is 1. The van der Waals surface area contributed by atoms with E-state index in [0.29, 0.717) is 6.42 Å². The van der Waals surface area contributed by atoms with Gasteiger partial charge in [-0.1, -0.05) is 133 Å². The van der Waals surface area contributed by atoms with Crippen molar-refractivity contribution >= 4 is 17.8 Å². The maximum Gasteiger partial charge on any atom is 0.330 e. The van der Waals surface area contributed by atoms with Crippen molar-refractivity contribution in [3.8, 4) is 0 Å². The van der Waals surface area contributed by atoms with E-state index < -0.39 is 24.2 Å². The highest BCUT2D eigenvalue weighted by Crippen LogP contribution is 2.17. The number of carbonyl (C=O) groups excluding carboxylic acids is 3. The number of allylic oxidation sites excluding steroid dienone is 8. The summed E-state index contributed by atoms with van der Waals surface area (Å²) in [5.74, 6) is -1.07. The van der Waals surface area contributed by atoms with E-state index >= 15 is 0 Å². The van der Waals surface area contributed by atoms with Crippen molar-refractivity contribution in [2.45, 2.75) is 186 Å². The number of likely N-dealkylation sites (tertiary alicyclic amines) is 1. The van der Waals surface area contributed by atoms with E-state index in [2.05, 4.69) is 73.1 Å². The first kappa shape index (κ1) is 50.3. The van der Waals surface area contributed by atoms with Crippen molar-refractivity contribution in [2.24, 2.45) is 0 Å². The molecule has 4 N–H and O–H groups in total. The summed E-state index contributed by atoms with van der Waals surface area (Å²) in [5, 5.41) is 25.5. The largest absolute Gasteiger partial charge is 0.464 e. The van der Waals surface area contributed by atoms with E-state index in [1.54, 1.807) is 0 Å². The van der Waals surface area contributed by atoms with E-state index in [0.717, 1.165) is 83.5 Å². The third-order valence-electron chi connectivity index (χ3n) is 10.3. The van der Waals surface area contributed by atoms with Gasteiger partial charge in [-0.25, -0.2) is 4.79 Å². The summed E-state index contributed by atoms with van der Waals surface area (Å²) in [6.07, 6.45) is 42.4.